The van der Waals surface area contributed by atoms with Gasteiger partial charge in [-0.15, -0.1) is 10.2 Å². The Morgan fingerprint density at radius 3 is 1.00 bits per heavy atom. The molecular formula is C6H22N12O4S2. The zero-order chi connectivity index (χ0) is 19.7. The Labute approximate surface area is 143 Å². The summed E-state index contributed by atoms with van der Waals surface area (Å²) < 4.78 is 0. The van der Waals surface area contributed by atoms with Crippen molar-refractivity contribution in [2.45, 2.75) is 21.3 Å². The van der Waals surface area contributed by atoms with Crippen molar-refractivity contribution in [2.75, 3.05) is 0 Å². The Hall–Kier alpha value is -0.840. The van der Waals surface area contributed by atoms with Crippen LogP contribution in [0.1, 0.15) is 0 Å². The fourth-order valence-electron chi connectivity index (χ4n) is 1.22. The number of aliphatic carboxylic acids is 2. The van der Waals surface area contributed by atoms with Crippen LogP contribution in [-0.2, 0) is 9.59 Å². The molecule has 0 amide bonds. The first-order valence-electron chi connectivity index (χ1n) is 5.64. The minimum Gasteiger partial charge on any atom is -0.479 e. The molecule has 0 spiro atoms. The predicted octanol–water partition coefficient (Wildman–Crippen LogP) is -6.91. The van der Waals surface area contributed by atoms with Crippen LogP contribution in [0, 0.1) is 0 Å². The molecule has 22 N–H and O–H groups in total. The fraction of sp³-hybridized carbons (Fsp3) is 0.667. The van der Waals surface area contributed by atoms with Gasteiger partial charge in [0.05, 0.1) is 0 Å². The number of hydrogen-bond acceptors (Lipinski definition) is 16. The van der Waals surface area contributed by atoms with Crippen molar-refractivity contribution >= 4 is 33.5 Å². The summed E-state index contributed by atoms with van der Waals surface area (Å²) in [5.74, 6) is 17.1. The molecule has 0 aromatic rings. The van der Waals surface area contributed by atoms with Crippen molar-refractivity contribution in [3.8, 4) is 0 Å². The van der Waals surface area contributed by atoms with Gasteiger partial charge in [-0.2, -0.15) is 0 Å². The van der Waals surface area contributed by atoms with Gasteiger partial charge < -0.3 is 33.1 Å². The highest BCUT2D eigenvalue weighted by molar-refractivity contribution is 8.77. The number of carboxylic acids is 2. The average molecular weight is 390 g/mol. The number of carboxylic acid groups (broad SMARTS) is 2. The zero-order valence-corrected chi connectivity index (χ0v) is 13.8. The molecule has 0 rings (SSSR count). The van der Waals surface area contributed by atoms with E-state index in [1.54, 1.807) is 0 Å². The van der Waals surface area contributed by atoms with Gasteiger partial charge in [-0.05, 0) is 21.6 Å². The van der Waals surface area contributed by atoms with Gasteiger partial charge in [-0.1, -0.05) is 0 Å². The fourth-order valence-corrected chi connectivity index (χ4v) is 3.73. The Kier molecular flexibility index (Phi) is 6.93. The van der Waals surface area contributed by atoms with Crippen molar-refractivity contribution < 1.29 is 19.8 Å². The van der Waals surface area contributed by atoms with Gasteiger partial charge in [0.25, 0.3) is 0 Å². The van der Waals surface area contributed by atoms with Gasteiger partial charge in [-0.3, -0.25) is 34.8 Å². The topological polar surface area (TPSA) is 341 Å². The summed E-state index contributed by atoms with van der Waals surface area (Å²) in [6.45, 7) is 0. The molecule has 16 nitrogen and oxygen atoms in total. The molecule has 1 unspecified atom stereocenters. The summed E-state index contributed by atoms with van der Waals surface area (Å²) in [6.07, 6.45) is 0. The van der Waals surface area contributed by atoms with Crippen molar-refractivity contribution in [2.24, 2.45) is 57.8 Å². The lowest BCUT2D eigenvalue weighted by atomic mass is 10.1. The van der Waals surface area contributed by atoms with Crippen molar-refractivity contribution in [1.29, 1.82) is 0 Å². The molecule has 0 saturated carbocycles. The van der Waals surface area contributed by atoms with E-state index in [4.69, 9.17) is 68.0 Å². The van der Waals surface area contributed by atoms with Crippen LogP contribution >= 0.6 is 21.6 Å². The SMILES string of the molecule is NN(N)C(N)(C(=O)O)C(N)(N)SSC(N)(N)[C@@](N)(C(=O)O)N(N)N. The number of hydrazine groups is 4. The smallest absolute Gasteiger partial charge is 0.346 e. The summed E-state index contributed by atoms with van der Waals surface area (Å²) in [5, 5.41) is 18.4. The van der Waals surface area contributed by atoms with E-state index in [1.807, 2.05) is 0 Å². The molecule has 0 fully saturated rings. The van der Waals surface area contributed by atoms with Crippen LogP contribution in [-0.4, -0.2) is 53.7 Å². The van der Waals surface area contributed by atoms with Crippen LogP contribution in [0.25, 0.3) is 0 Å². The molecule has 0 aliphatic rings. The van der Waals surface area contributed by atoms with Gasteiger partial charge in [0.15, 0.2) is 9.99 Å². The third kappa shape index (κ3) is 3.71. The second-order valence-corrected chi connectivity index (χ2v) is 7.39. The third-order valence-electron chi connectivity index (χ3n) is 2.98. The molecule has 24 heavy (non-hydrogen) atoms. The molecule has 0 aromatic carbocycles. The summed E-state index contributed by atoms with van der Waals surface area (Å²) in [6, 6.07) is 0. The van der Waals surface area contributed by atoms with E-state index in [0.717, 1.165) is 0 Å². The molecule has 0 saturated heterocycles. The Morgan fingerprint density at radius 2 is 0.875 bits per heavy atom. The second-order valence-electron chi connectivity index (χ2n) is 4.71. The molecular weight excluding hydrogens is 368 g/mol. The number of nitrogens with two attached hydrogens (primary N) is 10. The van der Waals surface area contributed by atoms with Crippen LogP contribution in [0.15, 0.2) is 0 Å². The van der Waals surface area contributed by atoms with Crippen molar-refractivity contribution in [3.05, 3.63) is 0 Å². The van der Waals surface area contributed by atoms with E-state index in [0.29, 0.717) is 0 Å². The molecule has 0 radical (unpaired) electrons. The highest BCUT2D eigenvalue weighted by Crippen LogP contribution is 2.42. The minimum absolute atomic E-state index is 0.0582. The zero-order valence-electron chi connectivity index (χ0n) is 12.2. The molecule has 0 bridgehead atoms. The Bertz CT molecular complexity index is 458. The van der Waals surface area contributed by atoms with Crippen LogP contribution < -0.4 is 57.8 Å². The summed E-state index contributed by atoms with van der Waals surface area (Å²) in [5.41, 5.74) is 28.2. The summed E-state index contributed by atoms with van der Waals surface area (Å²) in [7, 11) is 0.489. The third-order valence-corrected chi connectivity index (χ3v) is 6.14. The highest BCUT2D eigenvalue weighted by atomic mass is 33.1. The van der Waals surface area contributed by atoms with Crippen LogP contribution in [0.4, 0.5) is 0 Å². The minimum atomic E-state index is -2.70. The maximum atomic E-state index is 11.3. The van der Waals surface area contributed by atoms with Crippen LogP contribution in [0.2, 0.25) is 0 Å². The van der Waals surface area contributed by atoms with Crippen molar-refractivity contribution in [3.63, 3.8) is 0 Å². The number of nitrogens with zero attached hydrogens (tertiary/aromatic N) is 2. The van der Waals surface area contributed by atoms with Crippen LogP contribution in [0.3, 0.4) is 0 Å². The predicted molar refractivity (Wildman–Crippen MR) is 86.9 cm³/mol. The first-order chi connectivity index (χ1) is 10.5. The largest absolute Gasteiger partial charge is 0.479 e. The van der Waals surface area contributed by atoms with Crippen molar-refractivity contribution in [1.82, 2.24) is 10.2 Å². The second kappa shape index (κ2) is 7.19. The normalized spacial score (nSPS) is 18.3. The maximum Gasteiger partial charge on any atom is 0.346 e. The molecule has 142 valence electrons. The maximum absolute atomic E-state index is 11.3. The monoisotopic (exact) mass is 390 g/mol. The molecule has 2 atom stereocenters. The Balaban J connectivity index is 5.64. The number of carbonyl (C=O) groups is 2. The van der Waals surface area contributed by atoms with Gasteiger partial charge in [0.1, 0.15) is 0 Å². The average Bonchev–Trinajstić information content (AvgIpc) is 2.41. The number of rotatable bonds is 9. The quantitative estimate of drug-likeness (QED) is 0.0751. The van der Waals surface area contributed by atoms with Gasteiger partial charge in [0.2, 0.25) is 11.3 Å². The van der Waals surface area contributed by atoms with Gasteiger partial charge in [0, 0.05) is 0 Å². The molecule has 0 heterocycles. The lowest BCUT2D eigenvalue weighted by Crippen LogP contribution is -2.84. The molecule has 0 aromatic heterocycles. The number of hydrogen-bond donors (Lipinski definition) is 12. The molecule has 18 heteroatoms. The van der Waals surface area contributed by atoms with E-state index in [1.165, 1.54) is 0 Å². The standard InChI is InChI=1S/C6H22N12O4S2/c7-3(1(19)20,17(13)14)5(9,10)23-24-6(11,12)4(8,2(21)22)18(15)16/h7-16H2,(H,19,20)(H,21,22)/t3-,4?/m1/s1. The van der Waals surface area contributed by atoms with E-state index >= 15 is 0 Å². The first-order valence-corrected chi connectivity index (χ1v) is 7.79. The summed E-state index contributed by atoms with van der Waals surface area (Å²) >= 11 is 0. The van der Waals surface area contributed by atoms with Gasteiger partial charge in [-0.25, -0.2) is 9.59 Å². The van der Waals surface area contributed by atoms with Crippen LogP contribution in [0.5, 0.6) is 0 Å². The van der Waals surface area contributed by atoms with E-state index < -0.39 is 33.3 Å². The lowest BCUT2D eigenvalue weighted by molar-refractivity contribution is -0.155. The molecule has 0 aliphatic heterocycles. The van der Waals surface area contributed by atoms with E-state index in [9.17, 15) is 9.59 Å². The lowest BCUT2D eigenvalue weighted by Gasteiger charge is -2.45. The highest BCUT2D eigenvalue weighted by Gasteiger charge is 2.59. The first kappa shape index (κ1) is 23.2. The van der Waals surface area contributed by atoms with E-state index in [2.05, 4.69) is 0 Å². The van der Waals surface area contributed by atoms with Gasteiger partial charge >= 0.3 is 11.9 Å². The Morgan fingerprint density at radius 1 is 0.667 bits per heavy atom. The summed E-state index contributed by atoms with van der Waals surface area (Å²) in [4.78, 5) is 17.8. The molecule has 0 aliphatic carbocycles. The van der Waals surface area contributed by atoms with E-state index in [-0.39, 0.29) is 31.8 Å².